The molecule has 0 aromatic heterocycles. The number of aryl methyl sites for hydroxylation is 1. The van der Waals surface area contributed by atoms with Crippen LogP contribution in [0, 0.1) is 6.92 Å². The summed E-state index contributed by atoms with van der Waals surface area (Å²) in [7, 11) is 0. The van der Waals surface area contributed by atoms with Crippen molar-refractivity contribution in [2.75, 3.05) is 39.5 Å². The van der Waals surface area contributed by atoms with Crippen LogP contribution < -0.4 is 4.74 Å². The van der Waals surface area contributed by atoms with E-state index in [4.69, 9.17) is 9.47 Å². The summed E-state index contributed by atoms with van der Waals surface area (Å²) in [4.78, 5) is 28.6. The van der Waals surface area contributed by atoms with Crippen molar-refractivity contribution in [3.05, 3.63) is 29.8 Å². The largest absolute Gasteiger partial charge is 0.484 e. The topological polar surface area (TPSA) is 59.1 Å². The second-order valence-corrected chi connectivity index (χ2v) is 6.28. The van der Waals surface area contributed by atoms with Gasteiger partial charge in [0.2, 0.25) is 5.91 Å². The molecule has 2 saturated heterocycles. The summed E-state index contributed by atoms with van der Waals surface area (Å²) >= 11 is 0. The van der Waals surface area contributed by atoms with Crippen molar-refractivity contribution in [2.45, 2.75) is 25.8 Å². The zero-order valence-electron chi connectivity index (χ0n) is 14.1. The highest BCUT2D eigenvalue weighted by Gasteiger charge is 2.36. The van der Waals surface area contributed by atoms with Gasteiger partial charge < -0.3 is 19.3 Å². The SMILES string of the molecule is Cc1ccc(OCC(=O)N2CCC[C@@H]2C(=O)N2CCOCC2)cc1. The molecule has 6 heteroatoms. The summed E-state index contributed by atoms with van der Waals surface area (Å²) in [6.07, 6.45) is 1.59. The molecule has 0 saturated carbocycles. The lowest BCUT2D eigenvalue weighted by Crippen LogP contribution is -2.51. The normalized spacial score (nSPS) is 21.0. The van der Waals surface area contributed by atoms with Crippen LogP contribution in [0.3, 0.4) is 0 Å². The van der Waals surface area contributed by atoms with E-state index < -0.39 is 0 Å². The smallest absolute Gasteiger partial charge is 0.261 e. The van der Waals surface area contributed by atoms with Crippen molar-refractivity contribution in [3.8, 4) is 5.75 Å². The first-order chi connectivity index (χ1) is 11.6. The van der Waals surface area contributed by atoms with Gasteiger partial charge in [0.1, 0.15) is 11.8 Å². The quantitative estimate of drug-likeness (QED) is 0.832. The molecular weight excluding hydrogens is 308 g/mol. The molecule has 2 fully saturated rings. The summed E-state index contributed by atoms with van der Waals surface area (Å²) in [5.41, 5.74) is 1.14. The predicted molar refractivity (Wildman–Crippen MR) is 88.8 cm³/mol. The molecular formula is C18H24N2O4. The fraction of sp³-hybridized carbons (Fsp3) is 0.556. The van der Waals surface area contributed by atoms with Gasteiger partial charge in [0.05, 0.1) is 13.2 Å². The zero-order chi connectivity index (χ0) is 16.9. The fourth-order valence-corrected chi connectivity index (χ4v) is 3.18. The maximum Gasteiger partial charge on any atom is 0.261 e. The molecule has 2 aliphatic rings. The van der Waals surface area contributed by atoms with Gasteiger partial charge in [-0.25, -0.2) is 0 Å². The Morgan fingerprint density at radius 1 is 1.17 bits per heavy atom. The van der Waals surface area contributed by atoms with Gasteiger partial charge in [0.15, 0.2) is 6.61 Å². The number of amides is 2. The van der Waals surface area contributed by atoms with Crippen LogP contribution >= 0.6 is 0 Å². The van der Waals surface area contributed by atoms with Gasteiger partial charge in [-0.1, -0.05) is 17.7 Å². The number of hydrogen-bond acceptors (Lipinski definition) is 4. The first kappa shape index (κ1) is 16.8. The van der Waals surface area contributed by atoms with Gasteiger partial charge in [0, 0.05) is 19.6 Å². The Kier molecular flexibility index (Phi) is 5.35. The maximum absolute atomic E-state index is 12.7. The Hall–Kier alpha value is -2.08. The van der Waals surface area contributed by atoms with Crippen LogP contribution in [-0.4, -0.2) is 67.1 Å². The number of nitrogens with zero attached hydrogens (tertiary/aromatic N) is 2. The number of rotatable bonds is 4. The van der Waals surface area contributed by atoms with E-state index in [9.17, 15) is 9.59 Å². The van der Waals surface area contributed by atoms with Crippen molar-refractivity contribution < 1.29 is 19.1 Å². The van der Waals surface area contributed by atoms with Crippen molar-refractivity contribution in [1.82, 2.24) is 9.80 Å². The molecule has 0 unspecified atom stereocenters. The first-order valence-electron chi connectivity index (χ1n) is 8.50. The van der Waals surface area contributed by atoms with Gasteiger partial charge in [-0.2, -0.15) is 0 Å². The molecule has 0 spiro atoms. The molecule has 1 atom stereocenters. The number of carbonyl (C=O) groups is 2. The molecule has 0 aliphatic carbocycles. The van der Waals surface area contributed by atoms with Crippen LogP contribution in [0.4, 0.5) is 0 Å². The number of benzene rings is 1. The van der Waals surface area contributed by atoms with E-state index >= 15 is 0 Å². The minimum atomic E-state index is -0.350. The maximum atomic E-state index is 12.7. The molecule has 130 valence electrons. The van der Waals surface area contributed by atoms with Crippen LogP contribution in [-0.2, 0) is 14.3 Å². The van der Waals surface area contributed by atoms with Gasteiger partial charge in [0.25, 0.3) is 5.91 Å². The van der Waals surface area contributed by atoms with Crippen molar-refractivity contribution >= 4 is 11.8 Å². The standard InChI is InChI=1S/C18H24N2O4/c1-14-4-6-15(7-5-14)24-13-17(21)20-8-2-3-16(20)18(22)19-9-11-23-12-10-19/h4-7,16H,2-3,8-13H2,1H3/t16-/m1/s1. The van der Waals surface area contributed by atoms with E-state index in [-0.39, 0.29) is 24.5 Å². The Bertz CT molecular complexity index is 581. The van der Waals surface area contributed by atoms with Crippen LogP contribution in [0.5, 0.6) is 5.75 Å². The predicted octanol–water partition coefficient (Wildman–Crippen LogP) is 1.22. The van der Waals surface area contributed by atoms with Crippen LogP contribution in [0.1, 0.15) is 18.4 Å². The average molecular weight is 332 g/mol. The number of likely N-dealkylation sites (tertiary alicyclic amines) is 1. The number of ether oxygens (including phenoxy) is 2. The third-order valence-corrected chi connectivity index (χ3v) is 4.56. The third-order valence-electron chi connectivity index (χ3n) is 4.56. The minimum absolute atomic E-state index is 0.0318. The van der Waals surface area contributed by atoms with Crippen LogP contribution in [0.25, 0.3) is 0 Å². The monoisotopic (exact) mass is 332 g/mol. The lowest BCUT2D eigenvalue weighted by atomic mass is 10.2. The van der Waals surface area contributed by atoms with Crippen LogP contribution in [0.15, 0.2) is 24.3 Å². The Morgan fingerprint density at radius 3 is 2.58 bits per heavy atom. The number of hydrogen-bond donors (Lipinski definition) is 0. The lowest BCUT2D eigenvalue weighted by Gasteiger charge is -2.32. The van der Waals surface area contributed by atoms with Crippen molar-refractivity contribution in [3.63, 3.8) is 0 Å². The second-order valence-electron chi connectivity index (χ2n) is 6.28. The number of carbonyl (C=O) groups excluding carboxylic acids is 2. The van der Waals surface area contributed by atoms with E-state index in [1.54, 1.807) is 9.80 Å². The molecule has 1 aromatic rings. The van der Waals surface area contributed by atoms with Gasteiger partial charge in [-0.3, -0.25) is 9.59 Å². The molecule has 2 amide bonds. The summed E-state index contributed by atoms with van der Waals surface area (Å²) in [5.74, 6) is 0.586. The van der Waals surface area contributed by atoms with Gasteiger partial charge in [-0.05, 0) is 31.9 Å². The molecule has 24 heavy (non-hydrogen) atoms. The highest BCUT2D eigenvalue weighted by atomic mass is 16.5. The van der Waals surface area contributed by atoms with Crippen molar-refractivity contribution in [2.24, 2.45) is 0 Å². The van der Waals surface area contributed by atoms with Gasteiger partial charge >= 0.3 is 0 Å². The highest BCUT2D eigenvalue weighted by Crippen LogP contribution is 2.21. The fourth-order valence-electron chi connectivity index (χ4n) is 3.18. The molecule has 1 aromatic carbocycles. The molecule has 2 heterocycles. The van der Waals surface area contributed by atoms with Crippen molar-refractivity contribution in [1.29, 1.82) is 0 Å². The Balaban J connectivity index is 1.56. The summed E-state index contributed by atoms with van der Waals surface area (Å²) in [5, 5.41) is 0. The summed E-state index contributed by atoms with van der Waals surface area (Å²) < 4.78 is 10.9. The molecule has 3 rings (SSSR count). The van der Waals surface area contributed by atoms with E-state index in [0.717, 1.165) is 18.4 Å². The number of morpholine rings is 1. The second kappa shape index (κ2) is 7.66. The molecule has 0 bridgehead atoms. The van der Waals surface area contributed by atoms with Crippen LogP contribution in [0.2, 0.25) is 0 Å². The molecule has 2 aliphatic heterocycles. The van der Waals surface area contributed by atoms with Gasteiger partial charge in [-0.15, -0.1) is 0 Å². The molecule has 0 radical (unpaired) electrons. The third kappa shape index (κ3) is 3.87. The average Bonchev–Trinajstić information content (AvgIpc) is 3.11. The Morgan fingerprint density at radius 2 is 1.88 bits per heavy atom. The highest BCUT2D eigenvalue weighted by molar-refractivity contribution is 5.88. The van der Waals surface area contributed by atoms with E-state index in [2.05, 4.69) is 0 Å². The van der Waals surface area contributed by atoms with E-state index in [1.807, 2.05) is 31.2 Å². The summed E-state index contributed by atoms with van der Waals surface area (Å²) in [6, 6.07) is 7.24. The minimum Gasteiger partial charge on any atom is -0.484 e. The Labute approximate surface area is 142 Å². The first-order valence-corrected chi connectivity index (χ1v) is 8.50. The van der Waals surface area contributed by atoms with E-state index in [1.165, 1.54) is 0 Å². The zero-order valence-corrected chi connectivity index (χ0v) is 14.1. The lowest BCUT2D eigenvalue weighted by molar-refractivity contribution is -0.147. The molecule has 6 nitrogen and oxygen atoms in total. The molecule has 0 N–H and O–H groups in total. The summed E-state index contributed by atoms with van der Waals surface area (Å²) in [6.45, 7) is 4.95. The van der Waals surface area contributed by atoms with E-state index in [0.29, 0.717) is 38.6 Å².